The monoisotopic (exact) mass is 232 g/mol. The van der Waals surface area contributed by atoms with E-state index < -0.39 is 0 Å². The molecule has 0 aliphatic carbocycles. The van der Waals surface area contributed by atoms with Gasteiger partial charge in [0.2, 0.25) is 0 Å². The van der Waals surface area contributed by atoms with Gasteiger partial charge in [-0.05, 0) is 13.8 Å². The predicted molar refractivity (Wildman–Crippen MR) is 69.0 cm³/mol. The van der Waals surface area contributed by atoms with Crippen LogP contribution in [0.4, 0.5) is 5.82 Å². The summed E-state index contributed by atoms with van der Waals surface area (Å²) in [5.41, 5.74) is 0.967. The summed E-state index contributed by atoms with van der Waals surface area (Å²) in [4.78, 5) is 11.0. The first-order chi connectivity index (χ1) is 7.95. The van der Waals surface area contributed by atoms with Crippen LogP contribution < -0.4 is 4.90 Å². The number of anilines is 1. The highest BCUT2D eigenvalue weighted by Crippen LogP contribution is 2.18. The second kappa shape index (κ2) is 5.62. The zero-order valence-corrected chi connectivity index (χ0v) is 11.2. The van der Waals surface area contributed by atoms with Gasteiger partial charge in [-0.25, -0.2) is 9.97 Å². The van der Waals surface area contributed by atoms with Crippen molar-refractivity contribution in [1.29, 1.82) is 5.26 Å². The van der Waals surface area contributed by atoms with Gasteiger partial charge in [0.05, 0.1) is 12.5 Å². The summed E-state index contributed by atoms with van der Waals surface area (Å²) in [6.45, 7) is 8.16. The van der Waals surface area contributed by atoms with E-state index in [1.54, 1.807) is 0 Å². The van der Waals surface area contributed by atoms with Gasteiger partial charge in [-0.1, -0.05) is 13.8 Å². The van der Waals surface area contributed by atoms with Crippen molar-refractivity contribution in [1.82, 2.24) is 9.97 Å². The third kappa shape index (κ3) is 3.42. The molecular formula is C13H20N4. The third-order valence-electron chi connectivity index (χ3n) is 2.78. The number of rotatable bonds is 4. The van der Waals surface area contributed by atoms with Crippen LogP contribution in [0, 0.1) is 18.3 Å². The van der Waals surface area contributed by atoms with Gasteiger partial charge in [-0.2, -0.15) is 5.26 Å². The molecule has 0 bridgehead atoms. The van der Waals surface area contributed by atoms with Crippen LogP contribution in [0.1, 0.15) is 44.6 Å². The van der Waals surface area contributed by atoms with E-state index in [2.05, 4.69) is 29.9 Å². The van der Waals surface area contributed by atoms with Crippen LogP contribution in [-0.4, -0.2) is 23.1 Å². The van der Waals surface area contributed by atoms with Crippen LogP contribution in [0.5, 0.6) is 0 Å². The summed E-state index contributed by atoms with van der Waals surface area (Å²) in [5.74, 6) is 2.06. The van der Waals surface area contributed by atoms with E-state index in [-0.39, 0.29) is 6.04 Å². The highest BCUT2D eigenvalue weighted by atomic mass is 15.2. The second-order valence-electron chi connectivity index (χ2n) is 4.70. The molecule has 1 heterocycles. The van der Waals surface area contributed by atoms with Gasteiger partial charge in [0.15, 0.2) is 0 Å². The number of nitrogens with zero attached hydrogens (tertiary/aromatic N) is 4. The molecule has 0 radical (unpaired) electrons. The van der Waals surface area contributed by atoms with Crippen molar-refractivity contribution in [2.75, 3.05) is 11.9 Å². The number of nitriles is 1. The van der Waals surface area contributed by atoms with E-state index in [1.165, 1.54) is 0 Å². The summed E-state index contributed by atoms with van der Waals surface area (Å²) < 4.78 is 0. The molecule has 0 aliphatic heterocycles. The molecule has 0 amide bonds. The molecule has 1 aromatic rings. The largest absolute Gasteiger partial charge is 0.356 e. The maximum absolute atomic E-state index is 8.72. The Hall–Kier alpha value is -1.63. The van der Waals surface area contributed by atoms with E-state index in [1.807, 2.05) is 31.9 Å². The Labute approximate surface area is 103 Å². The molecule has 4 nitrogen and oxygen atoms in total. The Morgan fingerprint density at radius 2 is 2.00 bits per heavy atom. The molecule has 17 heavy (non-hydrogen) atoms. The summed E-state index contributed by atoms with van der Waals surface area (Å²) in [7, 11) is 1.97. The third-order valence-corrected chi connectivity index (χ3v) is 2.78. The van der Waals surface area contributed by atoms with Crippen LogP contribution in [0.2, 0.25) is 0 Å². The molecule has 0 N–H and O–H groups in total. The number of hydrogen-bond donors (Lipinski definition) is 0. The van der Waals surface area contributed by atoms with Gasteiger partial charge in [-0.15, -0.1) is 0 Å². The molecule has 1 unspecified atom stereocenters. The highest BCUT2D eigenvalue weighted by Gasteiger charge is 2.13. The van der Waals surface area contributed by atoms with Crippen molar-refractivity contribution in [2.45, 2.75) is 46.1 Å². The predicted octanol–water partition coefficient (Wildman–Crippen LogP) is 2.65. The van der Waals surface area contributed by atoms with Crippen LogP contribution in [-0.2, 0) is 0 Å². The molecule has 1 aromatic heterocycles. The minimum atomic E-state index is 0.161. The normalized spacial score (nSPS) is 12.3. The first-order valence-electron chi connectivity index (χ1n) is 5.91. The van der Waals surface area contributed by atoms with Gasteiger partial charge in [0.25, 0.3) is 0 Å². The van der Waals surface area contributed by atoms with Crippen molar-refractivity contribution in [2.24, 2.45) is 0 Å². The molecule has 0 aliphatic rings. The summed E-state index contributed by atoms with van der Waals surface area (Å²) in [6, 6.07) is 4.30. The van der Waals surface area contributed by atoms with Crippen LogP contribution >= 0.6 is 0 Å². The van der Waals surface area contributed by atoms with Gasteiger partial charge >= 0.3 is 0 Å². The topological polar surface area (TPSA) is 52.8 Å². The quantitative estimate of drug-likeness (QED) is 0.800. The molecular weight excluding hydrogens is 212 g/mol. The zero-order valence-electron chi connectivity index (χ0n) is 11.2. The fraction of sp³-hybridized carbons (Fsp3) is 0.615. The summed E-state index contributed by atoms with van der Waals surface area (Å²) >= 11 is 0. The zero-order chi connectivity index (χ0) is 13.0. The Bertz CT molecular complexity index is 420. The number of aromatic nitrogens is 2. The van der Waals surface area contributed by atoms with E-state index in [4.69, 9.17) is 5.26 Å². The average molecular weight is 232 g/mol. The fourth-order valence-electron chi connectivity index (χ4n) is 1.51. The van der Waals surface area contributed by atoms with E-state index in [0.717, 1.165) is 17.3 Å². The molecule has 1 rings (SSSR count). The Kier molecular flexibility index (Phi) is 4.45. The van der Waals surface area contributed by atoms with Crippen LogP contribution in [0.25, 0.3) is 0 Å². The number of aryl methyl sites for hydroxylation is 1. The van der Waals surface area contributed by atoms with Gasteiger partial charge in [0, 0.05) is 30.8 Å². The van der Waals surface area contributed by atoms with E-state index in [9.17, 15) is 0 Å². The molecule has 1 atom stereocenters. The van der Waals surface area contributed by atoms with Crippen molar-refractivity contribution < 1.29 is 0 Å². The maximum Gasteiger partial charge on any atom is 0.133 e. The summed E-state index contributed by atoms with van der Waals surface area (Å²) in [5, 5.41) is 8.72. The molecule has 4 heteroatoms. The Balaban J connectivity index is 3.01. The standard InChI is InChI=1S/C13H20N4/c1-9(2)13-15-10(3)8-12(16-13)17(5)11(4)6-7-14/h8-9,11H,6H2,1-5H3. The average Bonchev–Trinajstić information content (AvgIpc) is 2.27. The molecule has 0 fully saturated rings. The van der Waals surface area contributed by atoms with Crippen LogP contribution in [0.3, 0.4) is 0 Å². The fourth-order valence-corrected chi connectivity index (χ4v) is 1.51. The minimum Gasteiger partial charge on any atom is -0.356 e. The summed E-state index contributed by atoms with van der Waals surface area (Å²) in [6.07, 6.45) is 0.497. The van der Waals surface area contributed by atoms with Gasteiger partial charge in [0.1, 0.15) is 11.6 Å². The van der Waals surface area contributed by atoms with Gasteiger partial charge in [-0.3, -0.25) is 0 Å². The van der Waals surface area contributed by atoms with E-state index >= 15 is 0 Å². The lowest BCUT2D eigenvalue weighted by Crippen LogP contribution is -2.29. The smallest absolute Gasteiger partial charge is 0.133 e. The maximum atomic E-state index is 8.72. The SMILES string of the molecule is Cc1cc(N(C)C(C)CC#N)nc(C(C)C)n1. The lowest BCUT2D eigenvalue weighted by atomic mass is 10.2. The molecule has 92 valence electrons. The van der Waals surface area contributed by atoms with Crippen molar-refractivity contribution >= 4 is 5.82 Å². The Morgan fingerprint density at radius 3 is 2.53 bits per heavy atom. The highest BCUT2D eigenvalue weighted by molar-refractivity contribution is 5.40. The molecule has 0 spiro atoms. The van der Waals surface area contributed by atoms with Gasteiger partial charge < -0.3 is 4.90 Å². The molecule has 0 saturated carbocycles. The lowest BCUT2D eigenvalue weighted by Gasteiger charge is -2.25. The Morgan fingerprint density at radius 1 is 1.35 bits per heavy atom. The van der Waals surface area contributed by atoms with Crippen molar-refractivity contribution in [3.63, 3.8) is 0 Å². The lowest BCUT2D eigenvalue weighted by molar-refractivity contribution is 0.680. The first kappa shape index (κ1) is 13.4. The van der Waals surface area contributed by atoms with Crippen LogP contribution in [0.15, 0.2) is 6.07 Å². The van der Waals surface area contributed by atoms with Crippen molar-refractivity contribution in [3.05, 3.63) is 17.6 Å². The first-order valence-corrected chi connectivity index (χ1v) is 5.91. The molecule has 0 aromatic carbocycles. The minimum absolute atomic E-state index is 0.161. The number of hydrogen-bond acceptors (Lipinski definition) is 4. The molecule has 0 saturated heterocycles. The van der Waals surface area contributed by atoms with E-state index in [0.29, 0.717) is 12.3 Å². The van der Waals surface area contributed by atoms with Crippen molar-refractivity contribution in [3.8, 4) is 6.07 Å². The second-order valence-corrected chi connectivity index (χ2v) is 4.70.